The number of ether oxygens (including phenoxy) is 1. The summed E-state index contributed by atoms with van der Waals surface area (Å²) in [7, 11) is -0.605. The van der Waals surface area contributed by atoms with Crippen molar-refractivity contribution < 1.29 is 18.1 Å². The molecule has 0 aliphatic heterocycles. The Morgan fingerprint density at radius 3 is 2.52 bits per heavy atom. The van der Waals surface area contributed by atoms with Crippen LogP contribution in [0.1, 0.15) is 18.1 Å². The molecule has 0 radical (unpaired) electrons. The summed E-state index contributed by atoms with van der Waals surface area (Å²) in [6.07, 6.45) is 0. The van der Waals surface area contributed by atoms with E-state index in [-0.39, 0.29) is 17.2 Å². The number of nitrogens with zero attached hydrogens (tertiary/aromatic N) is 2. The quantitative estimate of drug-likeness (QED) is 0.519. The molecule has 0 amide bonds. The summed E-state index contributed by atoms with van der Waals surface area (Å²) in [6, 6.07) is 11.2. The molecule has 0 aliphatic carbocycles. The lowest BCUT2D eigenvalue weighted by Crippen LogP contribution is -2.23. The van der Waals surface area contributed by atoms with Crippen LogP contribution in [0, 0.1) is 10.1 Å². The number of rotatable bonds is 9. The van der Waals surface area contributed by atoms with Crippen LogP contribution in [-0.4, -0.2) is 38.9 Å². The van der Waals surface area contributed by atoms with Gasteiger partial charge in [0, 0.05) is 19.2 Å². The van der Waals surface area contributed by atoms with Gasteiger partial charge in [-0.05, 0) is 36.9 Å². The number of nitro benzene ring substituents is 1. The average molecular weight is 393 g/mol. The van der Waals surface area contributed by atoms with E-state index in [9.17, 15) is 18.5 Å². The highest BCUT2D eigenvalue weighted by Crippen LogP contribution is 2.29. The zero-order valence-electron chi connectivity index (χ0n) is 15.5. The summed E-state index contributed by atoms with van der Waals surface area (Å²) in [4.78, 5) is 12.4. The Morgan fingerprint density at radius 2 is 1.89 bits per heavy atom. The van der Waals surface area contributed by atoms with Gasteiger partial charge in [0.25, 0.3) is 0 Å². The predicted molar refractivity (Wildman–Crippen MR) is 102 cm³/mol. The molecule has 0 spiro atoms. The largest absolute Gasteiger partial charge is 0.490 e. The topological polar surface area (TPSA) is 102 Å². The van der Waals surface area contributed by atoms with Gasteiger partial charge in [-0.2, -0.15) is 0 Å². The van der Waals surface area contributed by atoms with Crippen molar-refractivity contribution in [2.24, 2.45) is 0 Å². The van der Waals surface area contributed by atoms with Crippen molar-refractivity contribution in [2.75, 3.05) is 20.7 Å². The zero-order valence-corrected chi connectivity index (χ0v) is 16.3. The maximum atomic E-state index is 12.5. The third-order valence-corrected chi connectivity index (χ3v) is 5.51. The molecule has 2 aromatic carbocycles. The predicted octanol–water partition coefficient (Wildman–Crippen LogP) is 2.53. The van der Waals surface area contributed by atoms with Crippen molar-refractivity contribution in [3.63, 3.8) is 0 Å². The molecule has 27 heavy (non-hydrogen) atoms. The second-order valence-electron chi connectivity index (χ2n) is 6.07. The smallest absolute Gasteiger partial charge is 0.312 e. The molecule has 9 heteroatoms. The summed E-state index contributed by atoms with van der Waals surface area (Å²) in [5, 5.41) is 11.1. The van der Waals surface area contributed by atoms with E-state index >= 15 is 0 Å². The Labute approximate surface area is 159 Å². The molecule has 0 atom stereocenters. The third kappa shape index (κ3) is 5.49. The number of sulfonamides is 1. The molecule has 2 rings (SSSR count). The normalized spacial score (nSPS) is 11.6. The van der Waals surface area contributed by atoms with E-state index in [2.05, 4.69) is 16.5 Å². The minimum Gasteiger partial charge on any atom is -0.490 e. The van der Waals surface area contributed by atoms with Gasteiger partial charge in [-0.25, -0.2) is 13.1 Å². The Hall–Kier alpha value is -2.49. The first-order valence-electron chi connectivity index (χ1n) is 8.35. The van der Waals surface area contributed by atoms with Crippen LogP contribution < -0.4 is 9.46 Å². The summed E-state index contributed by atoms with van der Waals surface area (Å²) in [6.45, 7) is 3.83. The van der Waals surface area contributed by atoms with Gasteiger partial charge in [0.15, 0.2) is 5.75 Å². The van der Waals surface area contributed by atoms with Crippen LogP contribution >= 0.6 is 0 Å². The van der Waals surface area contributed by atoms with E-state index in [1.165, 1.54) is 19.2 Å². The van der Waals surface area contributed by atoms with Crippen molar-refractivity contribution in [2.45, 2.75) is 24.9 Å². The molecule has 1 N–H and O–H groups in total. The Bertz CT molecular complexity index is 915. The lowest BCUT2D eigenvalue weighted by atomic mass is 10.1. The Kier molecular flexibility index (Phi) is 6.89. The van der Waals surface area contributed by atoms with Crippen LogP contribution in [0.15, 0.2) is 47.4 Å². The van der Waals surface area contributed by atoms with Gasteiger partial charge < -0.3 is 9.64 Å². The second kappa shape index (κ2) is 8.94. The molecule has 0 unspecified atom stereocenters. The minimum absolute atomic E-state index is 0.00620. The fourth-order valence-corrected chi connectivity index (χ4v) is 3.54. The molecule has 0 aromatic heterocycles. The lowest BCUT2D eigenvalue weighted by Gasteiger charge is -2.14. The number of hydrogen-bond acceptors (Lipinski definition) is 6. The first kappa shape index (κ1) is 20.8. The molecule has 0 aliphatic rings. The molecular formula is C18H23N3O5S. The highest BCUT2D eigenvalue weighted by Gasteiger charge is 2.21. The summed E-state index contributed by atoms with van der Waals surface area (Å²) in [5.74, 6) is 0.00620. The van der Waals surface area contributed by atoms with Gasteiger partial charge in [-0.3, -0.25) is 10.1 Å². The number of hydrogen-bond donors (Lipinski definition) is 1. The van der Waals surface area contributed by atoms with Gasteiger partial charge in [0.2, 0.25) is 10.0 Å². The summed E-state index contributed by atoms with van der Waals surface area (Å²) < 4.78 is 32.4. The molecule has 0 fully saturated rings. The Balaban J connectivity index is 2.17. The van der Waals surface area contributed by atoms with Crippen LogP contribution in [-0.2, 0) is 23.1 Å². The molecule has 0 heterocycles. The van der Waals surface area contributed by atoms with Crippen LogP contribution in [0.3, 0.4) is 0 Å². The number of nitrogens with one attached hydrogen (secondary N) is 1. The molecule has 2 aromatic rings. The van der Waals surface area contributed by atoms with Crippen molar-refractivity contribution in [1.82, 2.24) is 9.62 Å². The SMILES string of the molecule is CCN(C)Cc1cccc(CNS(=O)(=O)c2ccc(OC)c([N+](=O)[O-])c2)c1. The first-order chi connectivity index (χ1) is 12.8. The summed E-state index contributed by atoms with van der Waals surface area (Å²) in [5.41, 5.74) is 1.49. The highest BCUT2D eigenvalue weighted by atomic mass is 32.2. The molecular weight excluding hydrogens is 370 g/mol. The molecule has 0 bridgehead atoms. The zero-order chi connectivity index (χ0) is 20.0. The van der Waals surface area contributed by atoms with Crippen LogP contribution in [0.4, 0.5) is 5.69 Å². The third-order valence-electron chi connectivity index (χ3n) is 4.11. The summed E-state index contributed by atoms with van der Waals surface area (Å²) >= 11 is 0. The standard InChI is InChI=1S/C18H23N3O5S/c1-4-20(2)13-15-7-5-6-14(10-15)12-19-27(24,25)16-8-9-18(26-3)17(11-16)21(22)23/h5-11,19H,4,12-13H2,1-3H3. The highest BCUT2D eigenvalue weighted by molar-refractivity contribution is 7.89. The van der Waals surface area contributed by atoms with Gasteiger partial charge in [-0.1, -0.05) is 31.2 Å². The van der Waals surface area contributed by atoms with Crippen LogP contribution in [0.5, 0.6) is 5.75 Å². The van der Waals surface area contributed by atoms with Crippen LogP contribution in [0.2, 0.25) is 0 Å². The molecule has 0 saturated heterocycles. The molecule has 0 saturated carbocycles. The van der Waals surface area contributed by atoms with Gasteiger partial charge in [0.05, 0.1) is 16.9 Å². The van der Waals surface area contributed by atoms with Crippen molar-refractivity contribution in [3.05, 3.63) is 63.7 Å². The Morgan fingerprint density at radius 1 is 1.19 bits per heavy atom. The van der Waals surface area contributed by atoms with E-state index < -0.39 is 20.6 Å². The van der Waals surface area contributed by atoms with E-state index in [4.69, 9.17) is 4.74 Å². The molecule has 146 valence electrons. The lowest BCUT2D eigenvalue weighted by molar-refractivity contribution is -0.386. The number of methoxy groups -OCH3 is 1. The van der Waals surface area contributed by atoms with Crippen LogP contribution in [0.25, 0.3) is 0 Å². The maximum Gasteiger partial charge on any atom is 0.312 e. The average Bonchev–Trinajstić information content (AvgIpc) is 2.66. The van der Waals surface area contributed by atoms with Gasteiger partial charge >= 0.3 is 5.69 Å². The van der Waals surface area contributed by atoms with Crippen molar-refractivity contribution in [1.29, 1.82) is 0 Å². The fourth-order valence-electron chi connectivity index (χ4n) is 2.50. The first-order valence-corrected chi connectivity index (χ1v) is 9.83. The van der Waals surface area contributed by atoms with Crippen molar-refractivity contribution >= 4 is 15.7 Å². The minimum atomic E-state index is -3.90. The molecule has 8 nitrogen and oxygen atoms in total. The fraction of sp³-hybridized carbons (Fsp3) is 0.333. The number of benzene rings is 2. The second-order valence-corrected chi connectivity index (χ2v) is 7.83. The monoisotopic (exact) mass is 393 g/mol. The van der Waals surface area contributed by atoms with E-state index in [0.717, 1.165) is 30.3 Å². The van der Waals surface area contributed by atoms with Gasteiger partial charge in [-0.15, -0.1) is 0 Å². The maximum absolute atomic E-state index is 12.5. The van der Waals surface area contributed by atoms with Gasteiger partial charge in [0.1, 0.15) is 0 Å². The van der Waals surface area contributed by atoms with E-state index in [1.807, 2.05) is 31.3 Å². The van der Waals surface area contributed by atoms with E-state index in [0.29, 0.717) is 0 Å². The van der Waals surface area contributed by atoms with Crippen molar-refractivity contribution in [3.8, 4) is 5.75 Å². The van der Waals surface area contributed by atoms with E-state index in [1.54, 1.807) is 0 Å². The number of nitro groups is 1.